The van der Waals surface area contributed by atoms with Gasteiger partial charge in [-0.1, -0.05) is 110 Å². The molecule has 24 nitrogen and oxygen atoms in total. The molecular formula is C106H137Cl3N6O18S3. The summed E-state index contributed by atoms with van der Waals surface area (Å²) in [6, 6.07) is 34.9. The van der Waals surface area contributed by atoms with E-state index in [0.717, 1.165) is 173 Å². The minimum absolute atomic E-state index is 0.0371. The van der Waals surface area contributed by atoms with Crippen LogP contribution in [0.15, 0.2) is 146 Å². The molecule has 3 unspecified atom stereocenters. The summed E-state index contributed by atoms with van der Waals surface area (Å²) >= 11 is 19.3. The highest BCUT2D eigenvalue weighted by molar-refractivity contribution is 7.99. The molecule has 18 rings (SSSR count). The molecule has 17 atom stereocenters. The second-order valence-corrected chi connectivity index (χ2v) is 47.7. The second-order valence-electron chi connectivity index (χ2n) is 40.4. The highest BCUT2D eigenvalue weighted by Crippen LogP contribution is 2.53. The van der Waals surface area contributed by atoms with Gasteiger partial charge in [-0.3, -0.25) is 19.1 Å². The van der Waals surface area contributed by atoms with Crippen molar-refractivity contribution in [3.8, 4) is 17.2 Å². The number of benzene rings is 6. The smallest absolute Gasteiger partial charge is 0.264 e. The SMILES string of the molecule is C=S1(=O)NC(=O)c2ccc3c(c2)N(C[C@@H]2CC[C@H]2[C@@H](OCCOCCOC)/C=C/C[C@H](C)[C@H]1C)C[C@@]1(CCCc2cc(Cl)ccc21)CO3.COCCO[C@H]1/C=C/C[C@@H](C)CS(=O)(=O)NC(=O)c2ccc3c(c2)N(CC2CCC21)C[C@@]1(CCCc2cc(Cl)ccc21)CO3.COCCO[C@H]1/C=C/C[C@H](C)CS(=O)(=O)NC(=O)c2ccc3c(c2)N(C[C@@H]2CC[C@H]21)C[C@@]1(CCCc2cc(Cl)ccc21)CO3. The number of nitrogens with zero attached hydrogens (tertiary/aromatic N) is 3. The van der Waals surface area contributed by atoms with Crippen LogP contribution in [0.5, 0.6) is 17.2 Å². The molecule has 30 heteroatoms. The van der Waals surface area contributed by atoms with Crippen LogP contribution in [0, 0.1) is 53.3 Å². The number of ether oxygens (including phenoxy) is 10. The molecule has 6 bridgehead atoms. The van der Waals surface area contributed by atoms with Crippen molar-refractivity contribution < 1.29 is 82.8 Å². The molecule has 738 valence electrons. The topological polar surface area (TPSA) is 275 Å². The Morgan fingerprint density at radius 1 is 0.419 bits per heavy atom. The fourth-order valence-corrected chi connectivity index (χ4v) is 27.7. The van der Waals surface area contributed by atoms with E-state index in [4.69, 9.17) is 82.2 Å². The highest BCUT2D eigenvalue weighted by Gasteiger charge is 2.50. The predicted molar refractivity (Wildman–Crippen MR) is 538 cm³/mol. The third-order valence-electron chi connectivity index (χ3n) is 30.9. The Labute approximate surface area is 820 Å². The van der Waals surface area contributed by atoms with Crippen LogP contribution >= 0.6 is 34.8 Å². The summed E-state index contributed by atoms with van der Waals surface area (Å²) < 4.78 is 134. The van der Waals surface area contributed by atoms with Crippen LogP contribution < -0.4 is 43.1 Å². The van der Waals surface area contributed by atoms with E-state index in [1.807, 2.05) is 75.4 Å². The number of halogens is 3. The Bertz CT molecular complexity index is 5480. The number of rotatable bonds is 15. The summed E-state index contributed by atoms with van der Waals surface area (Å²) in [5.74, 6) is 6.14. The molecule has 0 radical (unpaired) electrons. The van der Waals surface area contributed by atoms with E-state index in [-0.39, 0.29) is 75.0 Å². The van der Waals surface area contributed by atoms with Gasteiger partial charge in [0, 0.05) is 114 Å². The molecule has 0 saturated heterocycles. The van der Waals surface area contributed by atoms with E-state index < -0.39 is 41.6 Å². The van der Waals surface area contributed by atoms with Crippen LogP contribution in [0.25, 0.3) is 0 Å². The van der Waals surface area contributed by atoms with Gasteiger partial charge in [0.2, 0.25) is 20.0 Å². The van der Waals surface area contributed by atoms with Crippen LogP contribution in [0.2, 0.25) is 15.1 Å². The second kappa shape index (κ2) is 44.6. The van der Waals surface area contributed by atoms with Gasteiger partial charge >= 0.3 is 0 Å². The maximum Gasteiger partial charge on any atom is 0.264 e. The summed E-state index contributed by atoms with van der Waals surface area (Å²) in [7, 11) is -5.59. The predicted octanol–water partition coefficient (Wildman–Crippen LogP) is 17.3. The first kappa shape index (κ1) is 101. The Morgan fingerprint density at radius 3 is 1.10 bits per heavy atom. The monoisotopic (exact) mass is 1980 g/mol. The number of methoxy groups -OCH3 is 3. The average Bonchev–Trinajstić information content (AvgIpc) is 1.57. The Morgan fingerprint density at radius 2 is 0.750 bits per heavy atom. The maximum absolute atomic E-state index is 13.8. The lowest BCUT2D eigenvalue weighted by Gasteiger charge is -2.46. The van der Waals surface area contributed by atoms with E-state index in [9.17, 15) is 35.4 Å². The van der Waals surface area contributed by atoms with Gasteiger partial charge in [0.05, 0.1) is 129 Å². The number of fused-ring (bicyclic) bond motifs is 12. The van der Waals surface area contributed by atoms with Crippen molar-refractivity contribution in [2.45, 2.75) is 183 Å². The van der Waals surface area contributed by atoms with Crippen LogP contribution in [0.4, 0.5) is 17.1 Å². The van der Waals surface area contributed by atoms with Gasteiger partial charge in [0.15, 0.2) is 0 Å². The first-order chi connectivity index (χ1) is 65.4. The largest absolute Gasteiger partial charge is 0.490 e. The number of allylic oxidation sites excluding steroid dienone is 3. The zero-order chi connectivity index (χ0) is 95.7. The normalized spacial score (nSPS) is 31.3. The van der Waals surface area contributed by atoms with Gasteiger partial charge in [-0.2, -0.15) is 0 Å². The summed E-state index contributed by atoms with van der Waals surface area (Å²) in [6.45, 7) is 18.0. The summed E-state index contributed by atoms with van der Waals surface area (Å²) in [5.41, 5.74) is 10.6. The standard InChI is InChI=1S/C38H51ClN2O6S.2C34H43ClN2O6S/c1-26-7-5-9-35(46-20-19-45-18-17-44-3)32-13-10-30(32)23-41-24-38(16-6-8-28-21-31(39)12-14-33(28)38)25-47-36-15-11-29(22-34(36)41)37(42)40-48(4,43)27(26)2;2*1-23-5-3-7-31(42-16-15-41-2)28-11-8-26(28)19-37-21-34(14-4-6-24-17-27(35)10-12-29(24)34)22-43-32-13-9-25(18-30(32)37)33(38)36-44(39,40)20-23/h5,9,11-12,14-15,21-22,26-27,30,32,35H,4,6-8,10,13,16-20,23-25H2,1-3H3,(H,40,42,43);2*3,7,9-10,12-13,17-18,23,26,28,31H,4-6,8,11,14-16,19-22H2,1-2H3,(H,36,38)/b9-5+;2*7-3+/t26-,27+,30-,32+,35-,38-,48?;23-,26?,28?,31+,34+;23-,26-,28+,31-,34-/m010/s1. The number of carbonyl (C=O) groups is 3. The van der Waals surface area contributed by atoms with Crippen LogP contribution in [0.1, 0.15) is 188 Å². The average molecular weight is 1990 g/mol. The van der Waals surface area contributed by atoms with Crippen molar-refractivity contribution in [1.29, 1.82) is 0 Å². The molecule has 12 aliphatic rings. The molecule has 6 aliphatic heterocycles. The first-order valence-corrected chi connectivity index (χ1v) is 55.2. The lowest BCUT2D eigenvalue weighted by molar-refractivity contribution is -0.0410. The van der Waals surface area contributed by atoms with Gasteiger partial charge in [-0.15, -0.1) is 0 Å². The molecule has 6 aliphatic carbocycles. The molecule has 6 aromatic carbocycles. The molecule has 3 N–H and O–H groups in total. The number of nitrogens with one attached hydrogen (secondary N) is 3. The van der Waals surface area contributed by atoms with E-state index in [0.29, 0.717) is 156 Å². The van der Waals surface area contributed by atoms with Crippen molar-refractivity contribution >= 4 is 105 Å². The van der Waals surface area contributed by atoms with E-state index in [1.54, 1.807) is 51.7 Å². The van der Waals surface area contributed by atoms with Crippen LogP contribution in [-0.2, 0) is 98.4 Å². The van der Waals surface area contributed by atoms with Crippen LogP contribution in [-0.4, -0.2) is 213 Å². The van der Waals surface area contributed by atoms with E-state index in [1.165, 1.54) is 33.4 Å². The Kier molecular flexibility index (Phi) is 33.2. The molecule has 3 amide bonds. The maximum atomic E-state index is 13.8. The number of hydrogen-bond acceptors (Lipinski definition) is 21. The Hall–Kier alpha value is -7.74. The van der Waals surface area contributed by atoms with Gasteiger partial charge in [-0.05, 0) is 306 Å². The number of hydrogen-bond donors (Lipinski definition) is 3. The molecular weight excluding hydrogens is 1850 g/mol. The Balaban J connectivity index is 0.000000148. The van der Waals surface area contributed by atoms with Crippen molar-refractivity contribution in [3.63, 3.8) is 0 Å². The number of aryl methyl sites for hydroxylation is 3. The van der Waals surface area contributed by atoms with Gasteiger partial charge in [0.1, 0.15) is 17.2 Å². The number of anilines is 3. The number of carbonyl (C=O) groups excluding carboxylic acids is 3. The zero-order valence-corrected chi connectivity index (χ0v) is 84.5. The minimum atomic E-state index is -3.83. The quantitative estimate of drug-likeness (QED) is 0.0489. The molecule has 6 aromatic rings. The number of sulfonamides is 2. The summed E-state index contributed by atoms with van der Waals surface area (Å²) in [6.07, 6.45) is 29.8. The summed E-state index contributed by atoms with van der Waals surface area (Å²) in [4.78, 5) is 47.4. The van der Waals surface area contributed by atoms with Crippen molar-refractivity contribution in [3.05, 3.63) is 211 Å². The first-order valence-electron chi connectivity index (χ1n) is 49.0. The summed E-state index contributed by atoms with van der Waals surface area (Å²) in [5, 5.41) is 1.92. The van der Waals surface area contributed by atoms with Gasteiger partial charge < -0.3 is 62.1 Å². The van der Waals surface area contributed by atoms with Crippen molar-refractivity contribution in [2.75, 3.05) is 159 Å². The zero-order valence-electron chi connectivity index (χ0n) is 79.8. The molecule has 3 spiro atoms. The molecule has 0 aromatic heterocycles. The lowest BCUT2D eigenvalue weighted by atomic mass is 9.68. The fraction of sp³-hybridized carbons (Fsp3) is 0.566. The fourth-order valence-electron chi connectivity index (χ4n) is 22.9. The van der Waals surface area contributed by atoms with E-state index in [2.05, 4.69) is 102 Å². The van der Waals surface area contributed by atoms with Gasteiger partial charge in [-0.25, -0.2) is 30.5 Å². The van der Waals surface area contributed by atoms with Crippen LogP contribution in [0.3, 0.4) is 0 Å². The highest BCUT2D eigenvalue weighted by atomic mass is 35.5. The van der Waals surface area contributed by atoms with Gasteiger partial charge in [0.25, 0.3) is 17.7 Å². The molecule has 6 heterocycles. The third kappa shape index (κ3) is 23.8. The van der Waals surface area contributed by atoms with Crippen molar-refractivity contribution in [2.24, 2.45) is 53.3 Å². The number of amides is 3. The third-order valence-corrected chi connectivity index (χ3v) is 36.8. The lowest BCUT2D eigenvalue weighted by Crippen LogP contribution is -2.49. The van der Waals surface area contributed by atoms with Crippen molar-refractivity contribution in [1.82, 2.24) is 14.2 Å². The molecule has 3 saturated carbocycles. The molecule has 136 heavy (non-hydrogen) atoms. The minimum Gasteiger partial charge on any atom is -0.490 e. The van der Waals surface area contributed by atoms with E-state index >= 15 is 0 Å². The molecule has 3 fully saturated rings.